The fraction of sp³-hybridized carbons (Fsp3) is 0.579. The molecule has 1 aromatic carbocycles. The van der Waals surface area contributed by atoms with Crippen molar-refractivity contribution in [1.29, 1.82) is 0 Å². The minimum atomic E-state index is -0.435. The highest BCUT2D eigenvalue weighted by Crippen LogP contribution is 2.37. The van der Waals surface area contributed by atoms with E-state index in [0.717, 1.165) is 11.1 Å². The number of ether oxygens (including phenoxy) is 1. The zero-order chi connectivity index (χ0) is 17.2. The molecule has 1 aromatic rings. The number of benzene rings is 1. The van der Waals surface area contributed by atoms with E-state index >= 15 is 0 Å². The molecule has 1 saturated heterocycles. The van der Waals surface area contributed by atoms with Gasteiger partial charge < -0.3 is 15.0 Å². The highest BCUT2D eigenvalue weighted by atomic mass is 16.5. The Morgan fingerprint density at radius 1 is 1.29 bits per heavy atom. The van der Waals surface area contributed by atoms with Gasteiger partial charge in [-0.2, -0.15) is 0 Å². The van der Waals surface area contributed by atoms with Crippen molar-refractivity contribution in [2.75, 3.05) is 19.8 Å². The van der Waals surface area contributed by atoms with Crippen LogP contribution in [0.5, 0.6) is 0 Å². The first kappa shape index (κ1) is 17.0. The van der Waals surface area contributed by atoms with Crippen molar-refractivity contribution in [2.45, 2.75) is 45.2 Å². The molecular formula is C19H26N2O3. The molecule has 1 fully saturated rings. The van der Waals surface area contributed by atoms with Crippen LogP contribution < -0.4 is 5.32 Å². The van der Waals surface area contributed by atoms with Gasteiger partial charge in [-0.15, -0.1) is 0 Å². The lowest BCUT2D eigenvalue weighted by atomic mass is 9.84. The summed E-state index contributed by atoms with van der Waals surface area (Å²) in [6.07, 6.45) is 1.77. The Hall–Kier alpha value is -1.88. The van der Waals surface area contributed by atoms with Gasteiger partial charge in [0.25, 0.3) is 5.91 Å². The molecule has 0 unspecified atom stereocenters. The van der Waals surface area contributed by atoms with Crippen LogP contribution in [0.4, 0.5) is 0 Å². The van der Waals surface area contributed by atoms with Crippen LogP contribution in [0.1, 0.15) is 49.0 Å². The predicted molar refractivity (Wildman–Crippen MR) is 91.6 cm³/mol. The Morgan fingerprint density at radius 2 is 2.00 bits per heavy atom. The Balaban J connectivity index is 1.80. The van der Waals surface area contributed by atoms with Gasteiger partial charge in [0, 0.05) is 31.9 Å². The number of fused-ring (bicyclic) bond motifs is 1. The first-order valence-corrected chi connectivity index (χ1v) is 8.76. The lowest BCUT2D eigenvalue weighted by Gasteiger charge is -2.44. The summed E-state index contributed by atoms with van der Waals surface area (Å²) in [5, 5.41) is 3.00. The summed E-state index contributed by atoms with van der Waals surface area (Å²) in [5.41, 5.74) is 1.39. The summed E-state index contributed by atoms with van der Waals surface area (Å²) < 4.78 is 5.51. The third-order valence-electron chi connectivity index (χ3n) is 5.01. The van der Waals surface area contributed by atoms with Gasteiger partial charge in [-0.05, 0) is 30.4 Å². The number of hydrogen-bond acceptors (Lipinski definition) is 3. The Bertz CT molecular complexity index is 621. The topological polar surface area (TPSA) is 58.6 Å². The molecule has 130 valence electrons. The molecule has 24 heavy (non-hydrogen) atoms. The minimum absolute atomic E-state index is 0.0226. The van der Waals surface area contributed by atoms with Crippen LogP contribution in [0, 0.1) is 5.92 Å². The highest BCUT2D eigenvalue weighted by molar-refractivity contribution is 5.99. The van der Waals surface area contributed by atoms with Crippen LogP contribution in [0.2, 0.25) is 0 Å². The number of nitrogens with one attached hydrogen (secondary N) is 1. The number of rotatable bonds is 5. The van der Waals surface area contributed by atoms with Gasteiger partial charge in [0.15, 0.2) is 0 Å². The van der Waals surface area contributed by atoms with Crippen molar-refractivity contribution >= 4 is 11.8 Å². The normalized spacial score (nSPS) is 19.5. The molecule has 3 rings (SSSR count). The Labute approximate surface area is 143 Å². The summed E-state index contributed by atoms with van der Waals surface area (Å²) in [5.74, 6) is 0.482. The van der Waals surface area contributed by atoms with E-state index in [4.69, 9.17) is 4.74 Å². The van der Waals surface area contributed by atoms with E-state index in [1.54, 1.807) is 0 Å². The van der Waals surface area contributed by atoms with Gasteiger partial charge in [-0.25, -0.2) is 0 Å². The fourth-order valence-electron chi connectivity index (χ4n) is 3.61. The predicted octanol–water partition coefficient (Wildman–Crippen LogP) is 2.35. The average Bonchev–Trinajstić information content (AvgIpc) is 2.92. The zero-order valence-corrected chi connectivity index (χ0v) is 14.5. The van der Waals surface area contributed by atoms with Crippen LogP contribution in [0.25, 0.3) is 0 Å². The monoisotopic (exact) mass is 330 g/mol. The van der Waals surface area contributed by atoms with Gasteiger partial charge in [0.05, 0.1) is 12.0 Å². The van der Waals surface area contributed by atoms with Crippen molar-refractivity contribution in [1.82, 2.24) is 10.2 Å². The molecule has 0 spiro atoms. The zero-order valence-electron chi connectivity index (χ0n) is 14.5. The molecule has 0 saturated carbocycles. The standard InChI is InChI=1S/C19H26N2O3/c1-14(2)12-20-17(22)11-19(7-9-24-10-8-19)21-13-15-5-3-4-6-16(15)18(21)23/h3-6,14H,7-13H2,1-2H3,(H,20,22). The van der Waals surface area contributed by atoms with Crippen molar-refractivity contribution in [2.24, 2.45) is 5.92 Å². The van der Waals surface area contributed by atoms with Crippen molar-refractivity contribution in [3.63, 3.8) is 0 Å². The first-order valence-electron chi connectivity index (χ1n) is 8.76. The third kappa shape index (κ3) is 3.31. The highest BCUT2D eigenvalue weighted by Gasteiger charge is 2.45. The van der Waals surface area contributed by atoms with Gasteiger partial charge in [-0.3, -0.25) is 9.59 Å². The van der Waals surface area contributed by atoms with Crippen molar-refractivity contribution < 1.29 is 14.3 Å². The molecule has 0 radical (unpaired) electrons. The van der Waals surface area contributed by atoms with E-state index in [2.05, 4.69) is 19.2 Å². The summed E-state index contributed by atoms with van der Waals surface area (Å²) in [7, 11) is 0. The van der Waals surface area contributed by atoms with Crippen LogP contribution >= 0.6 is 0 Å². The molecule has 5 heteroatoms. The molecule has 0 atom stereocenters. The molecule has 2 aliphatic heterocycles. The SMILES string of the molecule is CC(C)CNC(=O)CC1(N2Cc3ccccc3C2=O)CCOCC1. The molecule has 0 aromatic heterocycles. The lowest BCUT2D eigenvalue weighted by molar-refractivity contribution is -0.125. The van der Waals surface area contributed by atoms with Crippen LogP contribution in [0.3, 0.4) is 0 Å². The maximum absolute atomic E-state index is 12.9. The Kier molecular flexibility index (Phi) is 4.90. The summed E-state index contributed by atoms with van der Waals surface area (Å²) in [4.78, 5) is 27.3. The summed E-state index contributed by atoms with van der Waals surface area (Å²) >= 11 is 0. The first-order chi connectivity index (χ1) is 11.5. The second kappa shape index (κ2) is 6.93. The van der Waals surface area contributed by atoms with Crippen molar-refractivity contribution in [3.05, 3.63) is 35.4 Å². The van der Waals surface area contributed by atoms with E-state index in [-0.39, 0.29) is 11.8 Å². The third-order valence-corrected chi connectivity index (χ3v) is 5.01. The van der Waals surface area contributed by atoms with Crippen LogP contribution in [0.15, 0.2) is 24.3 Å². The average molecular weight is 330 g/mol. The lowest BCUT2D eigenvalue weighted by Crippen LogP contribution is -2.54. The second-order valence-corrected chi connectivity index (χ2v) is 7.26. The molecule has 2 amide bonds. The number of carbonyl (C=O) groups is 2. The number of carbonyl (C=O) groups excluding carboxylic acids is 2. The van der Waals surface area contributed by atoms with E-state index in [9.17, 15) is 9.59 Å². The van der Waals surface area contributed by atoms with Gasteiger partial charge in [0.1, 0.15) is 0 Å². The van der Waals surface area contributed by atoms with Crippen LogP contribution in [-0.4, -0.2) is 42.0 Å². The van der Waals surface area contributed by atoms with Gasteiger partial charge >= 0.3 is 0 Å². The fourth-order valence-corrected chi connectivity index (χ4v) is 3.61. The van der Waals surface area contributed by atoms with Crippen molar-refractivity contribution in [3.8, 4) is 0 Å². The summed E-state index contributed by atoms with van der Waals surface area (Å²) in [6, 6.07) is 7.73. The van der Waals surface area contributed by atoms with E-state index in [0.29, 0.717) is 51.5 Å². The Morgan fingerprint density at radius 3 is 2.67 bits per heavy atom. The van der Waals surface area contributed by atoms with E-state index < -0.39 is 5.54 Å². The largest absolute Gasteiger partial charge is 0.381 e. The number of hydrogen-bond donors (Lipinski definition) is 1. The molecule has 0 bridgehead atoms. The van der Waals surface area contributed by atoms with E-state index in [1.807, 2.05) is 29.2 Å². The molecule has 5 nitrogen and oxygen atoms in total. The maximum Gasteiger partial charge on any atom is 0.254 e. The van der Waals surface area contributed by atoms with Crippen LogP contribution in [-0.2, 0) is 16.1 Å². The van der Waals surface area contributed by atoms with Gasteiger partial charge in [0.2, 0.25) is 5.91 Å². The number of nitrogens with zero attached hydrogens (tertiary/aromatic N) is 1. The molecule has 2 heterocycles. The molecule has 1 N–H and O–H groups in total. The smallest absolute Gasteiger partial charge is 0.254 e. The minimum Gasteiger partial charge on any atom is -0.381 e. The molecule has 0 aliphatic carbocycles. The summed E-state index contributed by atoms with van der Waals surface area (Å²) in [6.45, 7) is 6.59. The molecule has 2 aliphatic rings. The van der Waals surface area contributed by atoms with E-state index in [1.165, 1.54) is 0 Å². The van der Waals surface area contributed by atoms with Gasteiger partial charge in [-0.1, -0.05) is 32.0 Å². The number of amides is 2. The quantitative estimate of drug-likeness (QED) is 0.901. The maximum atomic E-state index is 12.9. The second-order valence-electron chi connectivity index (χ2n) is 7.26. The molecular weight excluding hydrogens is 304 g/mol.